The van der Waals surface area contributed by atoms with Crippen molar-refractivity contribution in [3.05, 3.63) is 53.9 Å². The van der Waals surface area contributed by atoms with Crippen LogP contribution >= 0.6 is 0 Å². The normalized spacial score (nSPS) is 19.8. The van der Waals surface area contributed by atoms with Gasteiger partial charge in [-0.3, -0.25) is 14.4 Å². The molecule has 1 fully saturated rings. The van der Waals surface area contributed by atoms with Gasteiger partial charge in [0.25, 0.3) is 5.91 Å². The molecule has 0 unspecified atom stereocenters. The van der Waals surface area contributed by atoms with Crippen molar-refractivity contribution in [2.45, 2.75) is 25.6 Å². The highest BCUT2D eigenvalue weighted by molar-refractivity contribution is 5.93. The molecule has 1 aliphatic heterocycles. The van der Waals surface area contributed by atoms with E-state index in [9.17, 15) is 4.79 Å². The fraction of sp³-hybridized carbons (Fsp3) is 0.444. The molecule has 1 aromatic heterocycles. The molecule has 1 amide bonds. The largest absolute Gasteiger partial charge is 0.373 e. The van der Waals surface area contributed by atoms with Crippen LogP contribution in [0.15, 0.2) is 42.7 Å². The molecular weight excluding hydrogens is 304 g/mol. The number of nitrogens with one attached hydrogen (secondary N) is 1. The van der Waals surface area contributed by atoms with E-state index in [4.69, 9.17) is 4.74 Å². The number of hydrogen-bond donors (Lipinski definition) is 1. The van der Waals surface area contributed by atoms with Crippen molar-refractivity contribution in [3.63, 3.8) is 0 Å². The van der Waals surface area contributed by atoms with E-state index in [1.165, 1.54) is 5.56 Å². The third kappa shape index (κ3) is 4.21. The number of aryl methyl sites for hydroxylation is 1. The molecule has 0 aliphatic carbocycles. The summed E-state index contributed by atoms with van der Waals surface area (Å²) in [5, 5.41) is 7.05. The molecule has 1 N–H and O–H groups in total. The summed E-state index contributed by atoms with van der Waals surface area (Å²) in [6, 6.07) is 10.4. The van der Waals surface area contributed by atoms with Crippen molar-refractivity contribution in [3.8, 4) is 0 Å². The minimum Gasteiger partial charge on any atom is -0.373 e. The average molecular weight is 328 g/mol. The van der Waals surface area contributed by atoms with Gasteiger partial charge in [0.05, 0.1) is 30.5 Å². The highest BCUT2D eigenvalue weighted by Crippen LogP contribution is 2.13. The van der Waals surface area contributed by atoms with Gasteiger partial charge in [-0.2, -0.15) is 5.10 Å². The smallest absolute Gasteiger partial charge is 0.254 e. The lowest BCUT2D eigenvalue weighted by atomic mass is 10.1. The Morgan fingerprint density at radius 3 is 2.92 bits per heavy atom. The van der Waals surface area contributed by atoms with Crippen molar-refractivity contribution in [2.75, 3.05) is 19.7 Å². The Morgan fingerprint density at radius 1 is 1.42 bits per heavy atom. The number of morpholine rings is 1. The van der Waals surface area contributed by atoms with Gasteiger partial charge in [0.15, 0.2) is 0 Å². The van der Waals surface area contributed by atoms with Crippen molar-refractivity contribution >= 4 is 5.91 Å². The average Bonchev–Trinajstić information content (AvgIpc) is 3.03. The van der Waals surface area contributed by atoms with E-state index < -0.39 is 0 Å². The second-order valence-electron chi connectivity index (χ2n) is 6.29. The zero-order valence-corrected chi connectivity index (χ0v) is 14.2. The summed E-state index contributed by atoms with van der Waals surface area (Å²) >= 11 is 0. The van der Waals surface area contributed by atoms with E-state index in [1.807, 2.05) is 13.0 Å². The first-order valence-electron chi connectivity index (χ1n) is 8.29. The van der Waals surface area contributed by atoms with Crippen molar-refractivity contribution < 1.29 is 9.53 Å². The van der Waals surface area contributed by atoms with Crippen LogP contribution in [0.3, 0.4) is 0 Å². The Kier molecular flexibility index (Phi) is 5.27. The number of rotatable bonds is 5. The van der Waals surface area contributed by atoms with Crippen LogP contribution in [-0.2, 0) is 18.3 Å². The zero-order valence-electron chi connectivity index (χ0n) is 14.2. The summed E-state index contributed by atoms with van der Waals surface area (Å²) in [5.41, 5.74) is 1.87. The summed E-state index contributed by atoms with van der Waals surface area (Å²) < 4.78 is 7.50. The van der Waals surface area contributed by atoms with Gasteiger partial charge in [-0.25, -0.2) is 0 Å². The lowest BCUT2D eigenvalue weighted by molar-refractivity contribution is -0.0449. The Balaban J connectivity index is 1.54. The van der Waals surface area contributed by atoms with Crippen LogP contribution in [0.4, 0.5) is 0 Å². The molecule has 0 bridgehead atoms. The maximum Gasteiger partial charge on any atom is 0.254 e. The van der Waals surface area contributed by atoms with Gasteiger partial charge in [0.2, 0.25) is 0 Å². The summed E-state index contributed by atoms with van der Waals surface area (Å²) in [7, 11) is 1.80. The van der Waals surface area contributed by atoms with Crippen LogP contribution in [0, 0.1) is 0 Å². The first-order chi connectivity index (χ1) is 11.6. The minimum atomic E-state index is -0.112. The van der Waals surface area contributed by atoms with E-state index >= 15 is 0 Å². The third-order valence-electron chi connectivity index (χ3n) is 4.31. The molecule has 1 aromatic carbocycles. The van der Waals surface area contributed by atoms with Crippen LogP contribution in [0.5, 0.6) is 0 Å². The molecule has 128 valence electrons. The van der Waals surface area contributed by atoms with Gasteiger partial charge in [0, 0.05) is 32.9 Å². The van der Waals surface area contributed by atoms with E-state index in [0.717, 1.165) is 19.6 Å². The zero-order chi connectivity index (χ0) is 16.9. The Hall–Kier alpha value is -2.18. The number of hydrogen-bond acceptors (Lipinski definition) is 4. The molecule has 0 spiro atoms. The first kappa shape index (κ1) is 16.7. The summed E-state index contributed by atoms with van der Waals surface area (Å²) in [4.78, 5) is 14.6. The number of amides is 1. The predicted octanol–water partition coefficient (Wildman–Crippen LogP) is 1.44. The fourth-order valence-electron chi connectivity index (χ4n) is 2.94. The highest BCUT2D eigenvalue weighted by Gasteiger charge is 2.27. The number of aromatic nitrogens is 2. The summed E-state index contributed by atoms with van der Waals surface area (Å²) in [5.74, 6) is -0.112. The topological polar surface area (TPSA) is 59.4 Å². The van der Waals surface area contributed by atoms with Gasteiger partial charge >= 0.3 is 0 Å². The van der Waals surface area contributed by atoms with Crippen LogP contribution in [0.2, 0.25) is 0 Å². The Bertz CT molecular complexity index is 671. The van der Waals surface area contributed by atoms with Gasteiger partial charge in [-0.05, 0) is 12.5 Å². The van der Waals surface area contributed by atoms with E-state index in [0.29, 0.717) is 12.2 Å². The van der Waals surface area contributed by atoms with Crippen molar-refractivity contribution in [1.82, 2.24) is 20.0 Å². The molecule has 0 radical (unpaired) electrons. The number of benzene rings is 1. The molecule has 6 heteroatoms. The molecule has 3 rings (SSSR count). The highest BCUT2D eigenvalue weighted by atomic mass is 16.5. The number of carbonyl (C=O) groups is 1. The number of carbonyl (C=O) groups excluding carboxylic acids is 1. The molecule has 2 aromatic rings. The summed E-state index contributed by atoms with van der Waals surface area (Å²) in [6.45, 7) is 5.30. The van der Waals surface area contributed by atoms with E-state index in [2.05, 4.69) is 39.6 Å². The van der Waals surface area contributed by atoms with Gasteiger partial charge in [-0.1, -0.05) is 30.3 Å². The van der Waals surface area contributed by atoms with Gasteiger partial charge < -0.3 is 10.1 Å². The quantitative estimate of drug-likeness (QED) is 0.902. The standard InChI is InChI=1S/C18H24N4O2/c1-14(20-18(23)16-10-19-21(2)12-16)17-13-22(8-9-24-17)11-15-6-4-3-5-7-15/h3-7,10,12,14,17H,8-9,11,13H2,1-2H3,(H,20,23)/t14-,17+/m1/s1. The third-order valence-corrected chi connectivity index (χ3v) is 4.31. The van der Waals surface area contributed by atoms with Crippen molar-refractivity contribution in [2.24, 2.45) is 7.05 Å². The Labute approximate surface area is 142 Å². The number of nitrogens with zero attached hydrogens (tertiary/aromatic N) is 3. The van der Waals surface area contributed by atoms with Crippen molar-refractivity contribution in [1.29, 1.82) is 0 Å². The molecule has 2 heterocycles. The Morgan fingerprint density at radius 2 is 2.21 bits per heavy atom. The summed E-state index contributed by atoms with van der Waals surface area (Å²) in [6.07, 6.45) is 3.28. The van der Waals surface area contributed by atoms with Gasteiger partial charge in [-0.15, -0.1) is 0 Å². The van der Waals surface area contributed by atoms with Crippen LogP contribution in [-0.4, -0.2) is 52.4 Å². The second-order valence-corrected chi connectivity index (χ2v) is 6.29. The molecule has 24 heavy (non-hydrogen) atoms. The maximum atomic E-state index is 12.3. The number of ether oxygens (including phenoxy) is 1. The molecule has 2 atom stereocenters. The molecule has 6 nitrogen and oxygen atoms in total. The van der Waals surface area contributed by atoms with E-state index in [1.54, 1.807) is 24.1 Å². The van der Waals surface area contributed by atoms with E-state index in [-0.39, 0.29) is 18.1 Å². The molecule has 0 saturated carbocycles. The fourth-order valence-corrected chi connectivity index (χ4v) is 2.94. The van der Waals surface area contributed by atoms with Crippen LogP contribution in [0.25, 0.3) is 0 Å². The van der Waals surface area contributed by atoms with Gasteiger partial charge in [0.1, 0.15) is 0 Å². The minimum absolute atomic E-state index is 0.0110. The van der Waals surface area contributed by atoms with Crippen LogP contribution in [0.1, 0.15) is 22.8 Å². The lowest BCUT2D eigenvalue weighted by Gasteiger charge is -2.36. The lowest BCUT2D eigenvalue weighted by Crippen LogP contribution is -2.52. The molecule has 1 saturated heterocycles. The predicted molar refractivity (Wildman–Crippen MR) is 91.6 cm³/mol. The SMILES string of the molecule is C[C@@H](NC(=O)c1cnn(C)c1)[C@@H]1CN(Cc2ccccc2)CCO1. The molecule has 1 aliphatic rings. The van der Waals surface area contributed by atoms with Crippen LogP contribution < -0.4 is 5.32 Å². The first-order valence-corrected chi connectivity index (χ1v) is 8.29. The monoisotopic (exact) mass is 328 g/mol. The maximum absolute atomic E-state index is 12.3. The second kappa shape index (κ2) is 7.59. The molecular formula is C18H24N4O2.